The maximum atomic E-state index is 12.0. The van der Waals surface area contributed by atoms with Crippen LogP contribution < -0.4 is 14.5 Å². The Labute approximate surface area is 145 Å². The average molecular weight is 331 g/mol. The number of carbonyl (C=O) groups is 1. The first-order chi connectivity index (χ1) is 11.4. The zero-order valence-electron chi connectivity index (χ0n) is 15.5. The molecule has 2 atom stereocenters. The third-order valence-corrected chi connectivity index (χ3v) is 5.58. The molecule has 0 aromatic heterocycles. The molecule has 2 heterocycles. The summed E-state index contributed by atoms with van der Waals surface area (Å²) in [5, 5.41) is 0. The minimum absolute atomic E-state index is 0.118. The van der Waals surface area contributed by atoms with E-state index in [1.807, 2.05) is 4.90 Å². The average Bonchev–Trinajstić information content (AvgIpc) is 2.57. The van der Waals surface area contributed by atoms with Gasteiger partial charge in [-0.1, -0.05) is 0 Å². The molecule has 1 aromatic rings. The monoisotopic (exact) mass is 331 g/mol. The quantitative estimate of drug-likeness (QED) is 0.834. The summed E-state index contributed by atoms with van der Waals surface area (Å²) >= 11 is 0. The van der Waals surface area contributed by atoms with E-state index in [2.05, 4.69) is 42.8 Å². The first kappa shape index (κ1) is 17.1. The van der Waals surface area contributed by atoms with Crippen LogP contribution in [0.1, 0.15) is 32.8 Å². The van der Waals surface area contributed by atoms with Crippen molar-refractivity contribution in [1.29, 1.82) is 0 Å². The maximum absolute atomic E-state index is 12.0. The molecule has 0 unspecified atom stereocenters. The number of carbonyl (C=O) groups excluding carboxylic acids is 1. The minimum atomic E-state index is 0.118. The lowest BCUT2D eigenvalue weighted by Crippen LogP contribution is -2.55. The van der Waals surface area contributed by atoms with Crippen LogP contribution in [-0.4, -0.2) is 56.7 Å². The summed E-state index contributed by atoms with van der Waals surface area (Å²) in [6.45, 7) is 8.92. The molecule has 24 heavy (non-hydrogen) atoms. The number of rotatable bonds is 2. The van der Waals surface area contributed by atoms with E-state index in [0.717, 1.165) is 49.6 Å². The van der Waals surface area contributed by atoms with Crippen LogP contribution in [0.5, 0.6) is 5.75 Å². The van der Waals surface area contributed by atoms with Gasteiger partial charge >= 0.3 is 0 Å². The number of hydrogen-bond donors (Lipinski definition) is 0. The molecule has 1 aromatic carbocycles. The van der Waals surface area contributed by atoms with Crippen LogP contribution >= 0.6 is 0 Å². The summed E-state index contributed by atoms with van der Waals surface area (Å²) < 4.78 is 5.70. The van der Waals surface area contributed by atoms with E-state index < -0.39 is 0 Å². The Hall–Kier alpha value is -1.75. The highest BCUT2D eigenvalue weighted by Crippen LogP contribution is 2.39. The third-order valence-electron chi connectivity index (χ3n) is 5.58. The van der Waals surface area contributed by atoms with Crippen LogP contribution in [-0.2, 0) is 11.2 Å². The second-order valence-electron chi connectivity index (χ2n) is 7.20. The molecule has 1 fully saturated rings. The van der Waals surface area contributed by atoms with Crippen molar-refractivity contribution in [2.75, 3.05) is 43.6 Å². The third kappa shape index (κ3) is 2.97. The fourth-order valence-corrected chi connectivity index (χ4v) is 3.94. The van der Waals surface area contributed by atoms with Gasteiger partial charge in [0, 0.05) is 44.3 Å². The van der Waals surface area contributed by atoms with Crippen molar-refractivity contribution in [2.24, 2.45) is 0 Å². The first-order valence-electron chi connectivity index (χ1n) is 8.88. The van der Waals surface area contributed by atoms with Crippen molar-refractivity contribution in [3.8, 4) is 5.75 Å². The molecule has 0 aliphatic carbocycles. The lowest BCUT2D eigenvalue weighted by molar-refractivity contribution is -0.116. The van der Waals surface area contributed by atoms with Crippen LogP contribution in [0.2, 0.25) is 0 Å². The molecule has 0 radical (unpaired) electrons. The molecule has 2 aliphatic rings. The van der Waals surface area contributed by atoms with E-state index in [1.165, 1.54) is 5.56 Å². The fraction of sp³-hybridized carbons (Fsp3) is 0.632. The van der Waals surface area contributed by atoms with Crippen molar-refractivity contribution in [3.63, 3.8) is 0 Å². The number of methoxy groups -OCH3 is 1. The van der Waals surface area contributed by atoms with Gasteiger partial charge in [0.25, 0.3) is 0 Å². The Kier molecular flexibility index (Phi) is 4.72. The number of piperazine rings is 1. The molecule has 1 saturated heterocycles. The van der Waals surface area contributed by atoms with E-state index >= 15 is 0 Å². The molecule has 0 N–H and O–H groups in total. The summed E-state index contributed by atoms with van der Waals surface area (Å²) in [6, 6.07) is 5.27. The second-order valence-corrected chi connectivity index (χ2v) is 7.20. The Morgan fingerprint density at radius 1 is 1.17 bits per heavy atom. The smallest absolute Gasteiger partial charge is 0.223 e. The summed E-state index contributed by atoms with van der Waals surface area (Å²) in [5.74, 6) is 1.04. The van der Waals surface area contributed by atoms with Gasteiger partial charge in [0.1, 0.15) is 5.75 Å². The van der Waals surface area contributed by atoms with E-state index in [4.69, 9.17) is 4.74 Å². The van der Waals surface area contributed by atoms with Crippen LogP contribution in [0.4, 0.5) is 11.4 Å². The molecule has 5 heteroatoms. The maximum Gasteiger partial charge on any atom is 0.223 e. The van der Waals surface area contributed by atoms with Crippen LogP contribution in [0, 0.1) is 0 Å². The van der Waals surface area contributed by atoms with E-state index in [1.54, 1.807) is 14.0 Å². The first-order valence-corrected chi connectivity index (χ1v) is 8.88. The van der Waals surface area contributed by atoms with Gasteiger partial charge in [-0.15, -0.1) is 0 Å². The van der Waals surface area contributed by atoms with Gasteiger partial charge in [0.05, 0.1) is 12.8 Å². The Balaban J connectivity index is 2.01. The van der Waals surface area contributed by atoms with Crippen molar-refractivity contribution in [2.45, 2.75) is 45.7 Å². The number of aryl methyl sites for hydroxylation is 1. The zero-order chi connectivity index (χ0) is 17.4. The van der Waals surface area contributed by atoms with Gasteiger partial charge in [0.15, 0.2) is 0 Å². The largest absolute Gasteiger partial charge is 0.495 e. The Morgan fingerprint density at radius 2 is 1.83 bits per heavy atom. The number of anilines is 2. The lowest BCUT2D eigenvalue weighted by atomic mass is 9.99. The van der Waals surface area contributed by atoms with Crippen molar-refractivity contribution < 1.29 is 9.53 Å². The Morgan fingerprint density at radius 3 is 2.42 bits per heavy atom. The molecular weight excluding hydrogens is 302 g/mol. The van der Waals surface area contributed by atoms with Gasteiger partial charge < -0.3 is 14.5 Å². The number of nitrogens with zero attached hydrogens (tertiary/aromatic N) is 3. The summed E-state index contributed by atoms with van der Waals surface area (Å²) in [4.78, 5) is 18.8. The Bertz CT molecular complexity index is 619. The normalized spacial score (nSPS) is 24.7. The molecule has 0 spiro atoms. The van der Waals surface area contributed by atoms with Gasteiger partial charge in [-0.25, -0.2) is 0 Å². The van der Waals surface area contributed by atoms with E-state index in [0.29, 0.717) is 12.1 Å². The predicted molar refractivity (Wildman–Crippen MR) is 98.2 cm³/mol. The van der Waals surface area contributed by atoms with Gasteiger partial charge in [-0.05, 0) is 51.4 Å². The highest BCUT2D eigenvalue weighted by Gasteiger charge is 2.30. The highest BCUT2D eigenvalue weighted by atomic mass is 16.5. The number of amides is 1. The van der Waals surface area contributed by atoms with Crippen molar-refractivity contribution >= 4 is 17.3 Å². The zero-order valence-corrected chi connectivity index (χ0v) is 15.5. The number of hydrogen-bond acceptors (Lipinski definition) is 4. The molecule has 0 bridgehead atoms. The highest BCUT2D eigenvalue weighted by molar-refractivity contribution is 5.94. The second kappa shape index (κ2) is 6.63. The number of ether oxygens (including phenoxy) is 1. The number of benzene rings is 1. The summed E-state index contributed by atoms with van der Waals surface area (Å²) in [6.07, 6.45) is 2.02. The van der Waals surface area contributed by atoms with Gasteiger partial charge in [-0.3, -0.25) is 9.69 Å². The minimum Gasteiger partial charge on any atom is -0.495 e. The molecule has 2 aliphatic heterocycles. The fourth-order valence-electron chi connectivity index (χ4n) is 3.94. The molecule has 3 rings (SSSR count). The lowest BCUT2D eigenvalue weighted by Gasteiger charge is -2.44. The molecular formula is C19H29N3O2. The van der Waals surface area contributed by atoms with Gasteiger partial charge in [-0.2, -0.15) is 0 Å². The number of fused-ring (bicyclic) bond motifs is 1. The topological polar surface area (TPSA) is 36.0 Å². The standard InChI is InChI=1S/C19H29N3O2/c1-13-11-21(12-14(2)20(13)4)18-10-17-16(9-19(18)24-5)7-6-8-22(17)15(3)23/h9-10,13-14H,6-8,11-12H2,1-5H3/t13-,14+. The summed E-state index contributed by atoms with van der Waals surface area (Å²) in [7, 11) is 3.92. The van der Waals surface area contributed by atoms with E-state index in [9.17, 15) is 4.79 Å². The van der Waals surface area contributed by atoms with Crippen molar-refractivity contribution in [3.05, 3.63) is 17.7 Å². The molecule has 1 amide bonds. The van der Waals surface area contributed by atoms with Crippen molar-refractivity contribution in [1.82, 2.24) is 4.90 Å². The summed E-state index contributed by atoms with van der Waals surface area (Å²) in [5.41, 5.74) is 3.38. The SMILES string of the molecule is COc1cc2c(cc1N1C[C@@H](C)N(C)[C@@H](C)C1)N(C(C)=O)CCC2. The molecule has 132 valence electrons. The molecule has 0 saturated carbocycles. The van der Waals surface area contributed by atoms with Crippen LogP contribution in [0.15, 0.2) is 12.1 Å². The molecule has 5 nitrogen and oxygen atoms in total. The van der Waals surface area contributed by atoms with Crippen LogP contribution in [0.3, 0.4) is 0 Å². The number of likely N-dealkylation sites (N-methyl/N-ethyl adjacent to an activating group) is 1. The van der Waals surface area contributed by atoms with E-state index in [-0.39, 0.29) is 5.91 Å². The predicted octanol–water partition coefficient (Wildman–Crippen LogP) is 2.52. The van der Waals surface area contributed by atoms with Crippen LogP contribution in [0.25, 0.3) is 0 Å². The van der Waals surface area contributed by atoms with Gasteiger partial charge in [0.2, 0.25) is 5.91 Å².